The minimum Gasteiger partial charge on any atom is -0.334 e. The van der Waals surface area contributed by atoms with E-state index < -0.39 is 22.0 Å². The number of nitrogens with zero attached hydrogens (tertiary/aromatic N) is 1. The number of rotatable bonds is 7. The Hall–Kier alpha value is -3.47. The molecule has 0 fully saturated rings. The number of halogens is 1. The van der Waals surface area contributed by atoms with Crippen molar-refractivity contribution in [2.75, 3.05) is 18.4 Å². The molecular formula is C22H26FN5O4S. The second kappa shape index (κ2) is 11.4. The highest BCUT2D eigenvalue weighted by molar-refractivity contribution is 7.90. The van der Waals surface area contributed by atoms with E-state index in [1.807, 2.05) is 0 Å². The highest BCUT2D eigenvalue weighted by atomic mass is 32.2. The van der Waals surface area contributed by atoms with Gasteiger partial charge >= 0.3 is 6.03 Å². The van der Waals surface area contributed by atoms with Gasteiger partial charge in [0, 0.05) is 25.2 Å². The van der Waals surface area contributed by atoms with Crippen LogP contribution in [0.4, 0.5) is 14.9 Å². The summed E-state index contributed by atoms with van der Waals surface area (Å²) in [5.41, 5.74) is 0.983. The zero-order valence-electron chi connectivity index (χ0n) is 17.9. The van der Waals surface area contributed by atoms with Gasteiger partial charge in [-0.3, -0.25) is 14.5 Å². The van der Waals surface area contributed by atoms with Gasteiger partial charge < -0.3 is 16.0 Å². The summed E-state index contributed by atoms with van der Waals surface area (Å²) in [6.07, 6.45) is 3.39. The quantitative estimate of drug-likeness (QED) is 0.490. The van der Waals surface area contributed by atoms with E-state index in [1.54, 1.807) is 18.2 Å². The maximum absolute atomic E-state index is 12.9. The van der Waals surface area contributed by atoms with Crippen molar-refractivity contribution >= 4 is 33.5 Å². The Kier molecular flexibility index (Phi) is 8.36. The van der Waals surface area contributed by atoms with Crippen LogP contribution in [0.25, 0.3) is 0 Å². The van der Waals surface area contributed by atoms with E-state index in [4.69, 9.17) is 0 Å². The van der Waals surface area contributed by atoms with Crippen LogP contribution in [0.1, 0.15) is 31.2 Å². The number of urea groups is 1. The Labute approximate surface area is 191 Å². The van der Waals surface area contributed by atoms with E-state index in [0.717, 1.165) is 19.3 Å². The van der Waals surface area contributed by atoms with Crippen molar-refractivity contribution in [2.24, 2.45) is 4.99 Å². The lowest BCUT2D eigenvalue weighted by Crippen LogP contribution is -2.39. The van der Waals surface area contributed by atoms with E-state index in [0.29, 0.717) is 24.4 Å². The van der Waals surface area contributed by atoms with Crippen molar-refractivity contribution in [3.63, 3.8) is 0 Å². The Morgan fingerprint density at radius 3 is 2.58 bits per heavy atom. The van der Waals surface area contributed by atoms with E-state index in [9.17, 15) is 22.4 Å². The third-order valence-electron chi connectivity index (χ3n) is 4.83. The van der Waals surface area contributed by atoms with Gasteiger partial charge in [-0.2, -0.15) is 0 Å². The summed E-state index contributed by atoms with van der Waals surface area (Å²) in [6.45, 7) is 0.450. The molecule has 3 rings (SSSR count). The number of hydrogen-bond donors (Lipinski definition) is 4. The molecule has 0 spiro atoms. The van der Waals surface area contributed by atoms with Crippen LogP contribution < -0.4 is 20.7 Å². The molecule has 0 aromatic heterocycles. The van der Waals surface area contributed by atoms with Crippen LogP contribution >= 0.6 is 0 Å². The Morgan fingerprint density at radius 1 is 1.00 bits per heavy atom. The molecule has 1 heterocycles. The number of hydrogen-bond acceptors (Lipinski definition) is 5. The second-order valence-corrected chi connectivity index (χ2v) is 9.17. The molecule has 0 unspecified atom stereocenters. The molecule has 33 heavy (non-hydrogen) atoms. The van der Waals surface area contributed by atoms with E-state index in [2.05, 4.69) is 25.7 Å². The predicted octanol–water partition coefficient (Wildman–Crippen LogP) is 2.51. The molecule has 1 aliphatic rings. The number of carbonyl (C=O) groups excluding carboxylic acids is 2. The maximum Gasteiger partial charge on any atom is 0.315 e. The summed E-state index contributed by atoms with van der Waals surface area (Å²) in [7, 11) is -3.83. The summed E-state index contributed by atoms with van der Waals surface area (Å²) in [5, 5.41) is 7.52. The van der Waals surface area contributed by atoms with Crippen molar-refractivity contribution < 1.29 is 22.4 Å². The summed E-state index contributed by atoms with van der Waals surface area (Å²) >= 11 is 0. The number of benzene rings is 2. The largest absolute Gasteiger partial charge is 0.334 e. The van der Waals surface area contributed by atoms with Crippen molar-refractivity contribution in [2.45, 2.75) is 37.1 Å². The van der Waals surface area contributed by atoms with Gasteiger partial charge in [-0.25, -0.2) is 17.6 Å². The fourth-order valence-corrected chi connectivity index (χ4v) is 4.26. The lowest BCUT2D eigenvalue weighted by Gasteiger charge is -2.12. The number of aliphatic imine (C=N–C) groups is 1. The molecule has 0 saturated heterocycles. The first-order valence-electron chi connectivity index (χ1n) is 10.5. The van der Waals surface area contributed by atoms with Crippen molar-refractivity contribution in [3.05, 3.63) is 59.9 Å². The van der Waals surface area contributed by atoms with Crippen molar-refractivity contribution in [1.29, 1.82) is 0 Å². The molecule has 3 amide bonds. The lowest BCUT2D eigenvalue weighted by atomic mass is 10.2. The van der Waals surface area contributed by atoms with Gasteiger partial charge in [-0.05, 0) is 48.7 Å². The number of carbonyl (C=O) groups is 2. The minimum absolute atomic E-state index is 0.00255. The molecule has 9 nitrogen and oxygen atoms in total. The standard InChI is InChI=1S/C22H26FN5O4S/c23-17-10-8-16(9-11-17)14-25-22(30)26-15-21(29)27-18-5-4-6-19(13-18)33(31,32)28-20-7-2-1-3-12-24-20/h4-6,8-11,13H,1-3,7,12,14-15H2,(H,24,28)(H,27,29)(H2,25,26,30). The second-order valence-electron chi connectivity index (χ2n) is 7.48. The first-order chi connectivity index (χ1) is 15.8. The Bertz CT molecular complexity index is 1120. The molecular weight excluding hydrogens is 449 g/mol. The van der Waals surface area contributed by atoms with Crippen LogP contribution in [0.5, 0.6) is 0 Å². The maximum atomic E-state index is 12.9. The average Bonchev–Trinajstić information content (AvgIpc) is 3.05. The molecule has 1 aliphatic heterocycles. The van der Waals surface area contributed by atoms with Gasteiger partial charge in [0.25, 0.3) is 10.0 Å². The Morgan fingerprint density at radius 2 is 1.79 bits per heavy atom. The number of nitrogens with one attached hydrogen (secondary N) is 4. The fourth-order valence-electron chi connectivity index (χ4n) is 3.13. The van der Waals surface area contributed by atoms with Crippen LogP contribution in [0.3, 0.4) is 0 Å². The highest BCUT2D eigenvalue weighted by Gasteiger charge is 2.18. The first kappa shape index (κ1) is 24.2. The normalized spacial score (nSPS) is 13.9. The van der Waals surface area contributed by atoms with Crippen molar-refractivity contribution in [3.8, 4) is 0 Å². The molecule has 0 atom stereocenters. The minimum atomic E-state index is -3.83. The van der Waals surface area contributed by atoms with Crippen LogP contribution in [0.2, 0.25) is 0 Å². The topological polar surface area (TPSA) is 129 Å². The fraction of sp³-hybridized carbons (Fsp3) is 0.318. The lowest BCUT2D eigenvalue weighted by molar-refractivity contribution is -0.115. The number of amides is 3. The molecule has 0 radical (unpaired) electrons. The van der Waals surface area contributed by atoms with Crippen LogP contribution in [0.15, 0.2) is 58.4 Å². The van der Waals surface area contributed by atoms with Gasteiger partial charge in [0.05, 0.1) is 11.4 Å². The van der Waals surface area contributed by atoms with Crippen LogP contribution in [0, 0.1) is 5.82 Å². The monoisotopic (exact) mass is 475 g/mol. The molecule has 2 aromatic rings. The smallest absolute Gasteiger partial charge is 0.315 e. The molecule has 176 valence electrons. The molecule has 0 bridgehead atoms. The van der Waals surface area contributed by atoms with Gasteiger partial charge in [0.15, 0.2) is 0 Å². The van der Waals surface area contributed by atoms with Gasteiger partial charge in [-0.15, -0.1) is 0 Å². The van der Waals surface area contributed by atoms with Crippen molar-refractivity contribution in [1.82, 2.24) is 15.4 Å². The highest BCUT2D eigenvalue weighted by Crippen LogP contribution is 2.16. The zero-order valence-corrected chi connectivity index (χ0v) is 18.8. The summed E-state index contributed by atoms with van der Waals surface area (Å²) in [6, 6.07) is 10.9. The third kappa shape index (κ3) is 7.86. The molecule has 11 heteroatoms. The molecule has 0 saturated carbocycles. The van der Waals surface area contributed by atoms with Crippen LogP contribution in [-0.2, 0) is 21.4 Å². The first-order valence-corrected chi connectivity index (χ1v) is 12.0. The van der Waals surface area contributed by atoms with Crippen LogP contribution in [-0.4, -0.2) is 39.3 Å². The van der Waals surface area contributed by atoms with Gasteiger partial charge in [-0.1, -0.05) is 24.6 Å². The molecule has 0 aliphatic carbocycles. The predicted molar refractivity (Wildman–Crippen MR) is 123 cm³/mol. The molecule has 2 aromatic carbocycles. The molecule has 4 N–H and O–H groups in total. The number of sulfonamides is 1. The Balaban J connectivity index is 1.49. The summed E-state index contributed by atoms with van der Waals surface area (Å²) in [4.78, 5) is 28.3. The zero-order chi connectivity index (χ0) is 23.7. The summed E-state index contributed by atoms with van der Waals surface area (Å²) < 4.78 is 40.8. The number of anilines is 1. The van der Waals surface area contributed by atoms with E-state index in [1.165, 1.54) is 30.3 Å². The van der Waals surface area contributed by atoms with Gasteiger partial charge in [0.1, 0.15) is 11.7 Å². The van der Waals surface area contributed by atoms with E-state index in [-0.39, 0.29) is 29.5 Å². The average molecular weight is 476 g/mol. The van der Waals surface area contributed by atoms with Gasteiger partial charge in [0.2, 0.25) is 5.91 Å². The number of amidine groups is 1. The third-order valence-corrected chi connectivity index (χ3v) is 6.21. The SMILES string of the molecule is O=C(CNC(=O)NCc1ccc(F)cc1)Nc1cccc(S(=O)(=O)NC2=NCCCCC2)c1. The van der Waals surface area contributed by atoms with E-state index >= 15 is 0 Å². The summed E-state index contributed by atoms with van der Waals surface area (Å²) in [5.74, 6) is -0.453.